The Balaban J connectivity index is 1.69. The van der Waals surface area contributed by atoms with Crippen LogP contribution in [-0.2, 0) is 11.8 Å². The molecule has 0 aliphatic carbocycles. The largest absolute Gasteiger partial charge is 0.381 e. The number of rotatable bonds is 4. The first-order valence-corrected chi connectivity index (χ1v) is 9.11. The van der Waals surface area contributed by atoms with E-state index in [1.54, 1.807) is 24.2 Å². The van der Waals surface area contributed by atoms with Gasteiger partial charge in [-0.3, -0.25) is 9.78 Å². The molecular formula is C20H23N5O2. The Morgan fingerprint density at radius 3 is 2.63 bits per heavy atom. The normalized spacial score (nSPS) is 15.3. The summed E-state index contributed by atoms with van der Waals surface area (Å²) in [5.74, 6) is -0.0392. The Labute approximate surface area is 158 Å². The molecule has 0 unspecified atom stereocenters. The monoisotopic (exact) mass is 365 g/mol. The number of likely N-dealkylation sites (tertiary alicyclic amines) is 1. The number of aromatic nitrogens is 4. The maximum Gasteiger partial charge on any atom is 0.274 e. The number of aryl methyl sites for hydroxylation is 1. The van der Waals surface area contributed by atoms with Crippen LogP contribution in [0.5, 0.6) is 0 Å². The number of methoxy groups -OCH3 is 1. The molecule has 27 heavy (non-hydrogen) atoms. The van der Waals surface area contributed by atoms with E-state index in [0.717, 1.165) is 29.9 Å². The number of piperidine rings is 1. The van der Waals surface area contributed by atoms with E-state index < -0.39 is 0 Å². The number of amides is 1. The second-order valence-electron chi connectivity index (χ2n) is 6.77. The lowest BCUT2D eigenvalue weighted by Crippen LogP contribution is -2.40. The highest BCUT2D eigenvalue weighted by Crippen LogP contribution is 2.25. The first-order valence-electron chi connectivity index (χ1n) is 9.11. The molecule has 0 atom stereocenters. The number of hydrogen-bond acceptors (Lipinski definition) is 4. The molecule has 140 valence electrons. The third-order valence-corrected chi connectivity index (χ3v) is 5.09. The second-order valence-corrected chi connectivity index (χ2v) is 6.77. The van der Waals surface area contributed by atoms with Gasteiger partial charge < -0.3 is 14.2 Å². The molecule has 4 heterocycles. The van der Waals surface area contributed by atoms with Crippen molar-refractivity contribution >= 4 is 5.91 Å². The van der Waals surface area contributed by atoms with Crippen molar-refractivity contribution in [2.45, 2.75) is 18.9 Å². The molecule has 0 N–H and O–H groups in total. The van der Waals surface area contributed by atoms with Gasteiger partial charge in [0.2, 0.25) is 0 Å². The number of carbonyl (C=O) groups is 1. The van der Waals surface area contributed by atoms with Crippen molar-refractivity contribution in [3.05, 3.63) is 54.6 Å². The Bertz CT molecular complexity index is 923. The molecule has 1 saturated heterocycles. The van der Waals surface area contributed by atoms with Gasteiger partial charge in [0.15, 0.2) is 5.69 Å². The molecule has 1 aliphatic heterocycles. The van der Waals surface area contributed by atoms with E-state index in [1.165, 1.54) is 0 Å². The summed E-state index contributed by atoms with van der Waals surface area (Å²) in [5.41, 5.74) is 3.13. The SMILES string of the molecule is COC1CCN(C(=O)c2cc(-c3cccn3C)n(-c3cccnc3)n2)CC1. The van der Waals surface area contributed by atoms with E-state index in [1.807, 2.05) is 53.0 Å². The average Bonchev–Trinajstić information content (AvgIpc) is 3.34. The lowest BCUT2D eigenvalue weighted by atomic mass is 10.1. The van der Waals surface area contributed by atoms with Gasteiger partial charge in [-0.05, 0) is 43.2 Å². The van der Waals surface area contributed by atoms with Crippen LogP contribution in [0.2, 0.25) is 0 Å². The second kappa shape index (κ2) is 7.36. The van der Waals surface area contributed by atoms with Crippen LogP contribution in [0.15, 0.2) is 48.9 Å². The summed E-state index contributed by atoms with van der Waals surface area (Å²) in [5, 5.41) is 4.63. The molecule has 1 amide bonds. The lowest BCUT2D eigenvalue weighted by Gasteiger charge is -2.30. The summed E-state index contributed by atoms with van der Waals surface area (Å²) in [7, 11) is 3.71. The summed E-state index contributed by atoms with van der Waals surface area (Å²) >= 11 is 0. The quantitative estimate of drug-likeness (QED) is 0.713. The fourth-order valence-electron chi connectivity index (χ4n) is 3.53. The molecule has 1 aliphatic rings. The van der Waals surface area contributed by atoms with Crippen LogP contribution in [0.4, 0.5) is 0 Å². The Hall–Kier alpha value is -2.93. The standard InChI is InChI=1S/C20H23N5O2/c1-23-10-4-6-18(23)19-13-17(22-25(19)15-5-3-9-21-14-15)20(26)24-11-7-16(27-2)8-12-24/h3-6,9-10,13-14,16H,7-8,11-12H2,1-2H3. The minimum atomic E-state index is -0.0392. The smallest absolute Gasteiger partial charge is 0.274 e. The molecule has 0 saturated carbocycles. The van der Waals surface area contributed by atoms with E-state index >= 15 is 0 Å². The minimum absolute atomic E-state index is 0.0392. The van der Waals surface area contributed by atoms with Gasteiger partial charge in [0.1, 0.15) is 0 Å². The fraction of sp³-hybridized carbons (Fsp3) is 0.350. The molecule has 1 fully saturated rings. The van der Waals surface area contributed by atoms with Crippen molar-refractivity contribution in [2.24, 2.45) is 7.05 Å². The topological polar surface area (TPSA) is 65.2 Å². The summed E-state index contributed by atoms with van der Waals surface area (Å²) in [6, 6.07) is 9.66. The zero-order chi connectivity index (χ0) is 18.8. The average molecular weight is 365 g/mol. The number of nitrogens with zero attached hydrogens (tertiary/aromatic N) is 5. The van der Waals surface area contributed by atoms with Crippen LogP contribution in [0.3, 0.4) is 0 Å². The summed E-state index contributed by atoms with van der Waals surface area (Å²) in [6.07, 6.45) is 7.40. The van der Waals surface area contributed by atoms with Crippen molar-refractivity contribution in [1.82, 2.24) is 24.2 Å². The molecule has 0 bridgehead atoms. The zero-order valence-corrected chi connectivity index (χ0v) is 15.6. The van der Waals surface area contributed by atoms with Crippen LogP contribution in [-0.4, -0.2) is 56.4 Å². The summed E-state index contributed by atoms with van der Waals surface area (Å²) < 4.78 is 9.21. The highest BCUT2D eigenvalue weighted by molar-refractivity contribution is 5.93. The van der Waals surface area contributed by atoms with Crippen LogP contribution >= 0.6 is 0 Å². The first-order chi connectivity index (χ1) is 13.2. The molecule has 4 rings (SSSR count). The predicted octanol–water partition coefficient (Wildman–Crippen LogP) is 2.52. The Kier molecular flexibility index (Phi) is 4.77. The van der Waals surface area contributed by atoms with Gasteiger partial charge in [-0.2, -0.15) is 5.10 Å². The third-order valence-electron chi connectivity index (χ3n) is 5.09. The third kappa shape index (κ3) is 3.38. The van der Waals surface area contributed by atoms with Crippen molar-refractivity contribution in [2.75, 3.05) is 20.2 Å². The maximum absolute atomic E-state index is 13.0. The lowest BCUT2D eigenvalue weighted by molar-refractivity contribution is 0.0347. The predicted molar refractivity (Wildman–Crippen MR) is 102 cm³/mol. The Morgan fingerprint density at radius 1 is 1.19 bits per heavy atom. The Morgan fingerprint density at radius 2 is 2.00 bits per heavy atom. The van der Waals surface area contributed by atoms with Gasteiger partial charge in [0.05, 0.1) is 29.4 Å². The van der Waals surface area contributed by atoms with Gasteiger partial charge in [-0.1, -0.05) is 0 Å². The molecule has 0 aromatic carbocycles. The van der Waals surface area contributed by atoms with Crippen molar-refractivity contribution in [3.63, 3.8) is 0 Å². The van der Waals surface area contributed by atoms with E-state index in [-0.39, 0.29) is 12.0 Å². The van der Waals surface area contributed by atoms with Crippen LogP contribution < -0.4 is 0 Å². The van der Waals surface area contributed by atoms with Crippen LogP contribution in [0.25, 0.3) is 17.1 Å². The summed E-state index contributed by atoms with van der Waals surface area (Å²) in [4.78, 5) is 19.1. The van der Waals surface area contributed by atoms with Gasteiger partial charge in [0.25, 0.3) is 5.91 Å². The van der Waals surface area contributed by atoms with Gasteiger partial charge >= 0.3 is 0 Å². The molecule has 7 nitrogen and oxygen atoms in total. The van der Waals surface area contributed by atoms with Crippen molar-refractivity contribution in [3.8, 4) is 17.1 Å². The minimum Gasteiger partial charge on any atom is -0.381 e. The number of ether oxygens (including phenoxy) is 1. The zero-order valence-electron chi connectivity index (χ0n) is 15.6. The molecule has 7 heteroatoms. The van der Waals surface area contributed by atoms with E-state index in [9.17, 15) is 4.79 Å². The van der Waals surface area contributed by atoms with E-state index in [4.69, 9.17) is 4.74 Å². The first kappa shape index (κ1) is 17.5. The highest BCUT2D eigenvalue weighted by atomic mass is 16.5. The molecule has 3 aromatic heterocycles. The van der Waals surface area contributed by atoms with Gasteiger partial charge in [-0.15, -0.1) is 0 Å². The van der Waals surface area contributed by atoms with Gasteiger partial charge in [-0.25, -0.2) is 4.68 Å². The fourth-order valence-corrected chi connectivity index (χ4v) is 3.53. The van der Waals surface area contributed by atoms with Crippen molar-refractivity contribution in [1.29, 1.82) is 0 Å². The molecule has 0 spiro atoms. The van der Waals surface area contributed by atoms with Gasteiger partial charge in [0, 0.05) is 39.6 Å². The molecule has 0 radical (unpaired) electrons. The molecule has 3 aromatic rings. The number of pyridine rings is 1. The van der Waals surface area contributed by atoms with Crippen LogP contribution in [0.1, 0.15) is 23.3 Å². The van der Waals surface area contributed by atoms with Crippen molar-refractivity contribution < 1.29 is 9.53 Å². The number of carbonyl (C=O) groups excluding carboxylic acids is 1. The van der Waals surface area contributed by atoms with Crippen LogP contribution in [0, 0.1) is 0 Å². The summed E-state index contributed by atoms with van der Waals surface area (Å²) in [6.45, 7) is 1.38. The van der Waals surface area contributed by atoms with E-state index in [0.29, 0.717) is 18.8 Å². The highest BCUT2D eigenvalue weighted by Gasteiger charge is 2.26. The molecular weight excluding hydrogens is 342 g/mol. The maximum atomic E-state index is 13.0. The van der Waals surface area contributed by atoms with E-state index in [2.05, 4.69) is 10.1 Å². The number of hydrogen-bond donors (Lipinski definition) is 0.